The Hall–Kier alpha value is -1.97. The van der Waals surface area contributed by atoms with Gasteiger partial charge in [-0.3, -0.25) is 0 Å². The maximum absolute atomic E-state index is 13.0. The molecule has 0 fully saturated rings. The lowest BCUT2D eigenvalue weighted by atomic mass is 10.2. The number of allylic oxidation sites excluding steroid dienone is 2. The number of carboxylic acid groups (broad SMARTS) is 1. The Balaban J connectivity index is 2.80. The van der Waals surface area contributed by atoms with E-state index in [1.165, 1.54) is 18.2 Å². The molecule has 0 saturated carbocycles. The number of carboxylic acids is 1. The maximum atomic E-state index is 13.0. The summed E-state index contributed by atoms with van der Waals surface area (Å²) in [5, 5.41) is 8.25. The Morgan fingerprint density at radius 1 is 1.27 bits per heavy atom. The van der Waals surface area contributed by atoms with Gasteiger partial charge in [0.15, 0.2) is 0 Å². The molecule has 0 saturated heterocycles. The van der Waals surface area contributed by atoms with Crippen molar-refractivity contribution in [2.75, 3.05) is 0 Å². The van der Waals surface area contributed by atoms with Gasteiger partial charge in [0.1, 0.15) is 11.6 Å². The monoisotopic (exact) mass is 210 g/mol. The van der Waals surface area contributed by atoms with Crippen LogP contribution in [-0.2, 0) is 4.79 Å². The first kappa shape index (κ1) is 11.1. The third-order valence-corrected chi connectivity index (χ3v) is 1.58. The minimum atomic E-state index is -1.10. The van der Waals surface area contributed by atoms with E-state index in [-0.39, 0.29) is 5.56 Å². The molecular formula is C11H8F2O2. The molecule has 0 aliphatic rings. The number of rotatable bonds is 3. The van der Waals surface area contributed by atoms with E-state index >= 15 is 0 Å². The number of hydrogen-bond donors (Lipinski definition) is 1. The molecule has 0 aliphatic carbocycles. The predicted molar refractivity (Wildman–Crippen MR) is 52.2 cm³/mol. The molecule has 0 unspecified atom stereocenters. The first-order chi connectivity index (χ1) is 7.09. The SMILES string of the molecule is O=C(O)/C=C/C=C/c1cc(F)ccc1F. The molecule has 0 aliphatic heterocycles. The third-order valence-electron chi connectivity index (χ3n) is 1.58. The van der Waals surface area contributed by atoms with Gasteiger partial charge in [-0.05, 0) is 18.2 Å². The zero-order chi connectivity index (χ0) is 11.3. The Labute approximate surface area is 85.2 Å². The molecule has 0 radical (unpaired) electrons. The van der Waals surface area contributed by atoms with Crippen LogP contribution >= 0.6 is 0 Å². The largest absolute Gasteiger partial charge is 0.478 e. The molecule has 1 aromatic carbocycles. The van der Waals surface area contributed by atoms with Gasteiger partial charge in [-0.1, -0.05) is 18.2 Å². The minimum Gasteiger partial charge on any atom is -0.478 e. The fourth-order valence-electron chi connectivity index (χ4n) is 0.939. The highest BCUT2D eigenvalue weighted by Gasteiger charge is 1.98. The summed E-state index contributed by atoms with van der Waals surface area (Å²) < 4.78 is 25.7. The van der Waals surface area contributed by atoms with Gasteiger partial charge < -0.3 is 5.11 Å². The molecule has 78 valence electrons. The van der Waals surface area contributed by atoms with E-state index in [1.54, 1.807) is 0 Å². The molecule has 1 N–H and O–H groups in total. The number of aliphatic carboxylic acids is 1. The van der Waals surface area contributed by atoms with Crippen LogP contribution in [-0.4, -0.2) is 11.1 Å². The van der Waals surface area contributed by atoms with Crippen molar-refractivity contribution in [3.05, 3.63) is 53.6 Å². The molecule has 0 amide bonds. The molecule has 0 atom stereocenters. The van der Waals surface area contributed by atoms with Crippen LogP contribution in [0.5, 0.6) is 0 Å². The first-order valence-corrected chi connectivity index (χ1v) is 4.12. The van der Waals surface area contributed by atoms with Crippen LogP contribution in [0.4, 0.5) is 8.78 Å². The fraction of sp³-hybridized carbons (Fsp3) is 0. The molecule has 1 rings (SSSR count). The zero-order valence-electron chi connectivity index (χ0n) is 7.65. The van der Waals surface area contributed by atoms with Crippen molar-refractivity contribution in [2.45, 2.75) is 0 Å². The second-order valence-electron chi connectivity index (χ2n) is 2.72. The minimum absolute atomic E-state index is 0.0741. The Bertz CT molecular complexity index is 423. The summed E-state index contributed by atoms with van der Waals surface area (Å²) in [5.41, 5.74) is 0.0741. The van der Waals surface area contributed by atoms with Crippen LogP contribution in [0.2, 0.25) is 0 Å². The highest BCUT2D eigenvalue weighted by Crippen LogP contribution is 2.11. The molecule has 0 spiro atoms. The second-order valence-corrected chi connectivity index (χ2v) is 2.72. The molecule has 2 nitrogen and oxygen atoms in total. The van der Waals surface area contributed by atoms with Crippen LogP contribution in [0.1, 0.15) is 5.56 Å². The van der Waals surface area contributed by atoms with Crippen LogP contribution in [0.25, 0.3) is 6.08 Å². The molecular weight excluding hydrogens is 202 g/mol. The van der Waals surface area contributed by atoms with Gasteiger partial charge in [-0.2, -0.15) is 0 Å². The standard InChI is InChI=1S/C11H8F2O2/c12-9-5-6-10(13)8(7-9)3-1-2-4-11(14)15/h1-7H,(H,14,15)/b3-1+,4-2+. The van der Waals surface area contributed by atoms with Crippen LogP contribution < -0.4 is 0 Å². The molecule has 1 aromatic rings. The van der Waals surface area contributed by atoms with Crippen molar-refractivity contribution in [3.63, 3.8) is 0 Å². The van der Waals surface area contributed by atoms with E-state index in [0.29, 0.717) is 0 Å². The van der Waals surface area contributed by atoms with Crippen molar-refractivity contribution < 1.29 is 18.7 Å². The quantitative estimate of drug-likeness (QED) is 0.615. The number of benzene rings is 1. The summed E-state index contributed by atoms with van der Waals surface area (Å²) in [6, 6.07) is 3.05. The topological polar surface area (TPSA) is 37.3 Å². The average molecular weight is 210 g/mol. The molecule has 4 heteroatoms. The zero-order valence-corrected chi connectivity index (χ0v) is 7.65. The lowest BCUT2D eigenvalue weighted by molar-refractivity contribution is -0.131. The Morgan fingerprint density at radius 2 is 2.00 bits per heavy atom. The van der Waals surface area contributed by atoms with Crippen LogP contribution in [0.3, 0.4) is 0 Å². The van der Waals surface area contributed by atoms with Crippen LogP contribution in [0.15, 0.2) is 36.4 Å². The lowest BCUT2D eigenvalue weighted by Gasteiger charge is -1.95. The highest BCUT2D eigenvalue weighted by atomic mass is 19.1. The molecule has 0 bridgehead atoms. The Morgan fingerprint density at radius 3 is 2.67 bits per heavy atom. The number of hydrogen-bond acceptors (Lipinski definition) is 1. The van der Waals surface area contributed by atoms with Crippen LogP contribution in [0, 0.1) is 11.6 Å². The van der Waals surface area contributed by atoms with E-state index in [1.807, 2.05) is 0 Å². The van der Waals surface area contributed by atoms with E-state index in [9.17, 15) is 13.6 Å². The van der Waals surface area contributed by atoms with Crippen molar-refractivity contribution >= 4 is 12.0 Å². The molecule has 15 heavy (non-hydrogen) atoms. The second kappa shape index (κ2) is 5.05. The summed E-state index contributed by atoms with van der Waals surface area (Å²) in [4.78, 5) is 10.1. The van der Waals surface area contributed by atoms with Gasteiger partial charge in [0.2, 0.25) is 0 Å². The van der Waals surface area contributed by atoms with Gasteiger partial charge in [0, 0.05) is 11.6 Å². The van der Waals surface area contributed by atoms with Crippen molar-refractivity contribution in [3.8, 4) is 0 Å². The summed E-state index contributed by atoms with van der Waals surface area (Å²) in [5.74, 6) is -2.20. The first-order valence-electron chi connectivity index (χ1n) is 4.12. The normalized spacial score (nSPS) is 11.3. The van der Waals surface area contributed by atoms with E-state index < -0.39 is 17.6 Å². The summed E-state index contributed by atoms with van der Waals surface area (Å²) in [7, 11) is 0. The molecule has 0 aromatic heterocycles. The van der Waals surface area contributed by atoms with E-state index in [4.69, 9.17) is 5.11 Å². The van der Waals surface area contributed by atoms with Crippen molar-refractivity contribution in [2.24, 2.45) is 0 Å². The van der Waals surface area contributed by atoms with E-state index in [0.717, 1.165) is 24.3 Å². The number of halogens is 2. The van der Waals surface area contributed by atoms with Crippen molar-refractivity contribution in [1.82, 2.24) is 0 Å². The fourth-order valence-corrected chi connectivity index (χ4v) is 0.939. The lowest BCUT2D eigenvalue weighted by Crippen LogP contribution is -1.85. The van der Waals surface area contributed by atoms with Gasteiger partial charge in [-0.15, -0.1) is 0 Å². The third kappa shape index (κ3) is 3.72. The smallest absolute Gasteiger partial charge is 0.328 e. The summed E-state index contributed by atoms with van der Waals surface area (Å²) in [6.07, 6.45) is 4.74. The highest BCUT2D eigenvalue weighted by molar-refractivity contribution is 5.80. The van der Waals surface area contributed by atoms with Gasteiger partial charge >= 0.3 is 5.97 Å². The van der Waals surface area contributed by atoms with E-state index in [2.05, 4.69) is 0 Å². The summed E-state index contributed by atoms with van der Waals surface area (Å²) in [6.45, 7) is 0. The Kier molecular flexibility index (Phi) is 3.74. The van der Waals surface area contributed by atoms with Crippen molar-refractivity contribution in [1.29, 1.82) is 0 Å². The van der Waals surface area contributed by atoms with Gasteiger partial charge in [0.25, 0.3) is 0 Å². The van der Waals surface area contributed by atoms with Gasteiger partial charge in [-0.25, -0.2) is 13.6 Å². The number of carbonyl (C=O) groups is 1. The van der Waals surface area contributed by atoms with Gasteiger partial charge in [0.05, 0.1) is 0 Å². The predicted octanol–water partition coefficient (Wildman–Crippen LogP) is 2.62. The average Bonchev–Trinajstić information content (AvgIpc) is 2.17. The molecule has 0 heterocycles. The summed E-state index contributed by atoms with van der Waals surface area (Å²) >= 11 is 0. The maximum Gasteiger partial charge on any atom is 0.328 e.